The molecule has 0 radical (unpaired) electrons. The van der Waals surface area contributed by atoms with Gasteiger partial charge in [-0.3, -0.25) is 9.69 Å². The predicted octanol–water partition coefficient (Wildman–Crippen LogP) is 3.31. The normalized spacial score (nSPS) is 10.8. The van der Waals surface area contributed by atoms with Crippen LogP contribution in [0.2, 0.25) is 0 Å². The Bertz CT molecular complexity index is 688. The molecule has 134 valence electrons. The Hall–Kier alpha value is -2.40. The number of amides is 1. The van der Waals surface area contributed by atoms with Gasteiger partial charge in [-0.1, -0.05) is 30.3 Å². The third-order valence-corrected chi connectivity index (χ3v) is 3.88. The zero-order chi connectivity index (χ0) is 18.2. The fraction of sp³-hybridized carbons (Fsp3) is 0.350. The van der Waals surface area contributed by atoms with Gasteiger partial charge in [0.1, 0.15) is 11.6 Å². The van der Waals surface area contributed by atoms with E-state index in [9.17, 15) is 9.18 Å². The van der Waals surface area contributed by atoms with E-state index >= 15 is 0 Å². The summed E-state index contributed by atoms with van der Waals surface area (Å²) >= 11 is 0. The second-order valence-corrected chi connectivity index (χ2v) is 6.09. The number of nitrogens with zero attached hydrogens (tertiary/aromatic N) is 2. The average molecular weight is 344 g/mol. The third-order valence-electron chi connectivity index (χ3n) is 3.88. The molecule has 0 unspecified atom stereocenters. The molecular weight excluding hydrogens is 319 g/mol. The molecule has 0 heterocycles. The number of ether oxygens (including phenoxy) is 1. The SMILES string of the molecule is CCOc1ccc(CN(C)C(=O)CN(C)Cc2ccccc2F)cc1. The van der Waals surface area contributed by atoms with Gasteiger partial charge in [-0.05, 0) is 37.7 Å². The van der Waals surface area contributed by atoms with Crippen LogP contribution >= 0.6 is 0 Å². The lowest BCUT2D eigenvalue weighted by molar-refractivity contribution is -0.131. The summed E-state index contributed by atoms with van der Waals surface area (Å²) in [6.07, 6.45) is 0. The van der Waals surface area contributed by atoms with E-state index in [0.29, 0.717) is 25.3 Å². The van der Waals surface area contributed by atoms with E-state index in [1.165, 1.54) is 6.07 Å². The van der Waals surface area contributed by atoms with Crippen LogP contribution in [-0.2, 0) is 17.9 Å². The van der Waals surface area contributed by atoms with Crippen molar-refractivity contribution < 1.29 is 13.9 Å². The fourth-order valence-electron chi connectivity index (χ4n) is 2.54. The second-order valence-electron chi connectivity index (χ2n) is 6.09. The molecule has 0 aromatic heterocycles. The van der Waals surface area contributed by atoms with Crippen LogP contribution in [0.25, 0.3) is 0 Å². The van der Waals surface area contributed by atoms with Gasteiger partial charge in [-0.15, -0.1) is 0 Å². The maximum absolute atomic E-state index is 13.7. The van der Waals surface area contributed by atoms with Crippen molar-refractivity contribution in [2.45, 2.75) is 20.0 Å². The van der Waals surface area contributed by atoms with Gasteiger partial charge in [-0.25, -0.2) is 4.39 Å². The topological polar surface area (TPSA) is 32.8 Å². The molecule has 0 aliphatic rings. The summed E-state index contributed by atoms with van der Waals surface area (Å²) in [5.41, 5.74) is 1.63. The van der Waals surface area contributed by atoms with E-state index in [1.54, 1.807) is 30.1 Å². The Balaban J connectivity index is 1.85. The van der Waals surface area contributed by atoms with Crippen molar-refractivity contribution in [3.8, 4) is 5.75 Å². The Morgan fingerprint density at radius 2 is 1.72 bits per heavy atom. The highest BCUT2D eigenvalue weighted by atomic mass is 19.1. The molecule has 0 saturated heterocycles. The van der Waals surface area contributed by atoms with Gasteiger partial charge >= 0.3 is 0 Å². The van der Waals surface area contributed by atoms with Crippen LogP contribution < -0.4 is 4.74 Å². The first-order chi connectivity index (χ1) is 12.0. The largest absolute Gasteiger partial charge is 0.494 e. The van der Waals surface area contributed by atoms with Crippen molar-refractivity contribution in [1.29, 1.82) is 0 Å². The number of rotatable bonds is 8. The smallest absolute Gasteiger partial charge is 0.236 e. The fourth-order valence-corrected chi connectivity index (χ4v) is 2.54. The lowest BCUT2D eigenvalue weighted by Gasteiger charge is -2.22. The summed E-state index contributed by atoms with van der Waals surface area (Å²) in [4.78, 5) is 15.9. The Labute approximate surface area is 148 Å². The van der Waals surface area contributed by atoms with Crippen LogP contribution in [0.4, 0.5) is 4.39 Å². The van der Waals surface area contributed by atoms with Gasteiger partial charge < -0.3 is 9.64 Å². The zero-order valence-electron chi connectivity index (χ0n) is 15.0. The van der Waals surface area contributed by atoms with E-state index < -0.39 is 0 Å². The molecule has 0 atom stereocenters. The molecule has 0 N–H and O–H groups in total. The van der Waals surface area contributed by atoms with Gasteiger partial charge in [-0.2, -0.15) is 0 Å². The Morgan fingerprint density at radius 3 is 2.36 bits per heavy atom. The van der Waals surface area contributed by atoms with Crippen LogP contribution in [0.5, 0.6) is 5.75 Å². The van der Waals surface area contributed by atoms with E-state index in [0.717, 1.165) is 11.3 Å². The van der Waals surface area contributed by atoms with Crippen molar-refractivity contribution in [3.05, 3.63) is 65.5 Å². The van der Waals surface area contributed by atoms with Crippen LogP contribution in [-0.4, -0.2) is 43.0 Å². The monoisotopic (exact) mass is 344 g/mol. The van der Waals surface area contributed by atoms with Crippen molar-refractivity contribution >= 4 is 5.91 Å². The highest BCUT2D eigenvalue weighted by Crippen LogP contribution is 2.14. The highest BCUT2D eigenvalue weighted by molar-refractivity contribution is 5.77. The standard InChI is InChI=1S/C20H25FN2O2/c1-4-25-18-11-9-16(10-12-18)13-23(3)20(24)15-22(2)14-17-7-5-6-8-19(17)21/h5-12H,4,13-15H2,1-3H3. The van der Waals surface area contributed by atoms with Crippen LogP contribution in [0.15, 0.2) is 48.5 Å². The average Bonchev–Trinajstić information content (AvgIpc) is 2.59. The Kier molecular flexibility index (Phi) is 6.95. The molecule has 0 saturated carbocycles. The number of carbonyl (C=O) groups is 1. The molecule has 4 nitrogen and oxygen atoms in total. The summed E-state index contributed by atoms with van der Waals surface area (Å²) in [6.45, 7) is 3.74. The minimum atomic E-state index is -0.246. The van der Waals surface area contributed by atoms with Crippen molar-refractivity contribution in [2.75, 3.05) is 27.2 Å². The summed E-state index contributed by atoms with van der Waals surface area (Å²) in [5.74, 6) is 0.571. The maximum Gasteiger partial charge on any atom is 0.236 e. The molecule has 0 spiro atoms. The molecule has 2 rings (SSSR count). The number of hydrogen-bond acceptors (Lipinski definition) is 3. The summed E-state index contributed by atoms with van der Waals surface area (Å²) in [5, 5.41) is 0. The maximum atomic E-state index is 13.7. The number of likely N-dealkylation sites (N-methyl/N-ethyl adjacent to an activating group) is 2. The number of hydrogen-bond donors (Lipinski definition) is 0. The highest BCUT2D eigenvalue weighted by Gasteiger charge is 2.13. The summed E-state index contributed by atoms with van der Waals surface area (Å²) < 4.78 is 19.1. The molecule has 2 aromatic carbocycles. The van der Waals surface area contributed by atoms with Gasteiger partial charge in [0.25, 0.3) is 0 Å². The molecular formula is C20H25FN2O2. The third kappa shape index (κ3) is 5.87. The molecule has 2 aromatic rings. The molecule has 25 heavy (non-hydrogen) atoms. The first-order valence-corrected chi connectivity index (χ1v) is 8.37. The van der Waals surface area contributed by atoms with Crippen LogP contribution in [0, 0.1) is 5.82 Å². The number of carbonyl (C=O) groups excluding carboxylic acids is 1. The summed E-state index contributed by atoms with van der Waals surface area (Å²) in [6, 6.07) is 14.3. The molecule has 1 amide bonds. The van der Waals surface area contributed by atoms with Gasteiger partial charge in [0.2, 0.25) is 5.91 Å². The Morgan fingerprint density at radius 1 is 1.04 bits per heavy atom. The molecule has 0 aliphatic carbocycles. The first kappa shape index (κ1) is 18.9. The predicted molar refractivity (Wildman–Crippen MR) is 96.8 cm³/mol. The van der Waals surface area contributed by atoms with Crippen LogP contribution in [0.1, 0.15) is 18.1 Å². The lowest BCUT2D eigenvalue weighted by Crippen LogP contribution is -2.36. The minimum absolute atomic E-state index is 0.00674. The second kappa shape index (κ2) is 9.18. The van der Waals surface area contributed by atoms with E-state index in [-0.39, 0.29) is 18.3 Å². The molecule has 0 fully saturated rings. The molecule has 0 bridgehead atoms. The molecule has 5 heteroatoms. The minimum Gasteiger partial charge on any atom is -0.494 e. The summed E-state index contributed by atoms with van der Waals surface area (Å²) in [7, 11) is 3.59. The van der Waals surface area contributed by atoms with Crippen molar-refractivity contribution in [3.63, 3.8) is 0 Å². The van der Waals surface area contributed by atoms with Crippen LogP contribution in [0.3, 0.4) is 0 Å². The van der Waals surface area contributed by atoms with E-state index in [4.69, 9.17) is 4.74 Å². The van der Waals surface area contributed by atoms with E-state index in [2.05, 4.69) is 0 Å². The van der Waals surface area contributed by atoms with Gasteiger partial charge in [0.15, 0.2) is 0 Å². The van der Waals surface area contributed by atoms with Crippen molar-refractivity contribution in [2.24, 2.45) is 0 Å². The zero-order valence-corrected chi connectivity index (χ0v) is 15.0. The first-order valence-electron chi connectivity index (χ1n) is 8.37. The van der Waals surface area contributed by atoms with Crippen molar-refractivity contribution in [1.82, 2.24) is 9.80 Å². The lowest BCUT2D eigenvalue weighted by atomic mass is 10.2. The van der Waals surface area contributed by atoms with E-state index in [1.807, 2.05) is 43.1 Å². The number of halogens is 1. The van der Waals surface area contributed by atoms with Gasteiger partial charge in [0, 0.05) is 25.7 Å². The molecule has 0 aliphatic heterocycles. The quantitative estimate of drug-likeness (QED) is 0.736. The van der Waals surface area contributed by atoms with Gasteiger partial charge in [0.05, 0.1) is 13.2 Å². The number of benzene rings is 2.